The summed E-state index contributed by atoms with van der Waals surface area (Å²) in [4.78, 5) is 26.3. The average Bonchev–Trinajstić information content (AvgIpc) is 2.86. The van der Waals surface area contributed by atoms with Crippen molar-refractivity contribution in [2.75, 3.05) is 14.2 Å². The van der Waals surface area contributed by atoms with Crippen LogP contribution >= 0.6 is 0 Å². The number of amides is 3. The Labute approximate surface area is 150 Å². The number of hydrogen-bond donors (Lipinski definition) is 1. The van der Waals surface area contributed by atoms with Gasteiger partial charge in [-0.05, 0) is 42.3 Å². The minimum Gasteiger partial charge on any atom is -0.497 e. The van der Waals surface area contributed by atoms with Gasteiger partial charge in [-0.25, -0.2) is 9.18 Å². The largest absolute Gasteiger partial charge is 0.497 e. The first-order chi connectivity index (χ1) is 12.4. The highest BCUT2D eigenvalue weighted by Crippen LogP contribution is 2.31. The zero-order chi connectivity index (χ0) is 18.9. The molecule has 1 aliphatic rings. The molecule has 1 atom stereocenters. The Bertz CT molecular complexity index is 853. The highest BCUT2D eigenvalue weighted by atomic mass is 19.1. The van der Waals surface area contributed by atoms with E-state index in [1.165, 1.54) is 19.2 Å². The smallest absolute Gasteiger partial charge is 0.325 e. The second-order valence-corrected chi connectivity index (χ2v) is 6.14. The Morgan fingerprint density at radius 2 is 1.77 bits per heavy atom. The molecule has 1 N–H and O–H groups in total. The molecule has 6 nitrogen and oxygen atoms in total. The van der Waals surface area contributed by atoms with Crippen molar-refractivity contribution in [3.63, 3.8) is 0 Å². The van der Waals surface area contributed by atoms with Crippen molar-refractivity contribution in [3.05, 3.63) is 59.4 Å². The first-order valence-electron chi connectivity index (χ1n) is 8.00. The molecule has 0 spiro atoms. The summed E-state index contributed by atoms with van der Waals surface area (Å²) in [5, 5.41) is 2.72. The highest BCUT2D eigenvalue weighted by Gasteiger charge is 2.48. The minimum atomic E-state index is -1.19. The van der Waals surface area contributed by atoms with Crippen molar-refractivity contribution in [1.82, 2.24) is 10.2 Å². The van der Waals surface area contributed by atoms with Gasteiger partial charge < -0.3 is 14.8 Å². The van der Waals surface area contributed by atoms with E-state index in [0.29, 0.717) is 16.9 Å². The standard InChI is InChI=1S/C19H19FN2O4/c1-19(13-5-7-14(25-2)8-6-13)17(23)22(18(24)21-19)11-12-4-9-16(26-3)15(20)10-12/h4-10H,11H2,1-3H3,(H,21,24)/t19-/m0/s1. The number of halogens is 1. The fourth-order valence-corrected chi connectivity index (χ4v) is 2.95. The number of carbonyl (C=O) groups is 2. The topological polar surface area (TPSA) is 67.9 Å². The Kier molecular flexibility index (Phi) is 4.54. The van der Waals surface area contributed by atoms with Crippen molar-refractivity contribution >= 4 is 11.9 Å². The molecule has 3 amide bonds. The van der Waals surface area contributed by atoms with Crippen molar-refractivity contribution in [2.45, 2.75) is 19.0 Å². The van der Waals surface area contributed by atoms with Crippen LogP contribution in [0, 0.1) is 5.82 Å². The predicted molar refractivity (Wildman–Crippen MR) is 92.4 cm³/mol. The molecule has 0 bridgehead atoms. The molecule has 0 unspecified atom stereocenters. The van der Waals surface area contributed by atoms with Gasteiger partial charge in [0.1, 0.15) is 11.3 Å². The number of rotatable bonds is 5. The van der Waals surface area contributed by atoms with E-state index in [-0.39, 0.29) is 12.3 Å². The van der Waals surface area contributed by atoms with E-state index in [9.17, 15) is 14.0 Å². The molecule has 0 aromatic heterocycles. The highest BCUT2D eigenvalue weighted by molar-refractivity contribution is 6.07. The van der Waals surface area contributed by atoms with E-state index >= 15 is 0 Å². The molecule has 1 aliphatic heterocycles. The fraction of sp³-hybridized carbons (Fsp3) is 0.263. The molecule has 2 aromatic rings. The first kappa shape index (κ1) is 17.7. The summed E-state index contributed by atoms with van der Waals surface area (Å²) < 4.78 is 23.9. The Morgan fingerprint density at radius 1 is 1.08 bits per heavy atom. The lowest BCUT2D eigenvalue weighted by Gasteiger charge is -2.22. The first-order valence-corrected chi connectivity index (χ1v) is 8.00. The van der Waals surface area contributed by atoms with Crippen LogP contribution in [0.1, 0.15) is 18.1 Å². The normalized spacial score (nSPS) is 19.5. The number of nitrogens with zero attached hydrogens (tertiary/aromatic N) is 1. The van der Waals surface area contributed by atoms with Crippen LogP contribution in [0.2, 0.25) is 0 Å². The van der Waals surface area contributed by atoms with Gasteiger partial charge in [0.2, 0.25) is 0 Å². The molecule has 136 valence electrons. The number of imide groups is 1. The Hall–Kier alpha value is -3.09. The van der Waals surface area contributed by atoms with E-state index < -0.39 is 23.3 Å². The van der Waals surface area contributed by atoms with Gasteiger partial charge in [-0.15, -0.1) is 0 Å². The van der Waals surface area contributed by atoms with E-state index in [0.717, 1.165) is 4.90 Å². The number of benzene rings is 2. The third kappa shape index (κ3) is 2.96. The van der Waals surface area contributed by atoms with Crippen LogP contribution in [0.5, 0.6) is 11.5 Å². The van der Waals surface area contributed by atoms with Crippen molar-refractivity contribution in [3.8, 4) is 11.5 Å². The van der Waals surface area contributed by atoms with Gasteiger partial charge in [-0.3, -0.25) is 9.69 Å². The van der Waals surface area contributed by atoms with Gasteiger partial charge in [-0.2, -0.15) is 0 Å². The molecule has 1 saturated heterocycles. The van der Waals surface area contributed by atoms with Crippen LogP contribution in [-0.2, 0) is 16.9 Å². The molecular weight excluding hydrogens is 339 g/mol. The van der Waals surface area contributed by atoms with Crippen LogP contribution in [0.4, 0.5) is 9.18 Å². The summed E-state index contributed by atoms with van der Waals surface area (Å²) >= 11 is 0. The molecule has 2 aromatic carbocycles. The molecule has 7 heteroatoms. The molecule has 1 heterocycles. The summed E-state index contributed by atoms with van der Waals surface area (Å²) in [6, 6.07) is 10.7. The van der Waals surface area contributed by atoms with Crippen LogP contribution in [-0.4, -0.2) is 31.1 Å². The van der Waals surface area contributed by atoms with Gasteiger partial charge in [0.25, 0.3) is 5.91 Å². The van der Waals surface area contributed by atoms with Crippen molar-refractivity contribution < 1.29 is 23.5 Å². The Balaban J connectivity index is 1.85. The number of methoxy groups -OCH3 is 2. The zero-order valence-corrected chi connectivity index (χ0v) is 14.7. The van der Waals surface area contributed by atoms with Gasteiger partial charge in [-0.1, -0.05) is 18.2 Å². The fourth-order valence-electron chi connectivity index (χ4n) is 2.95. The quantitative estimate of drug-likeness (QED) is 0.835. The summed E-state index contributed by atoms with van der Waals surface area (Å²) in [5.41, 5.74) is -0.0557. The number of ether oxygens (including phenoxy) is 2. The van der Waals surface area contributed by atoms with E-state index in [2.05, 4.69) is 5.32 Å². The second kappa shape index (κ2) is 6.67. The number of hydrogen-bond acceptors (Lipinski definition) is 4. The second-order valence-electron chi connectivity index (χ2n) is 6.14. The van der Waals surface area contributed by atoms with Crippen LogP contribution in [0.3, 0.4) is 0 Å². The zero-order valence-electron chi connectivity index (χ0n) is 14.7. The lowest BCUT2D eigenvalue weighted by molar-refractivity contribution is -0.131. The SMILES string of the molecule is COc1ccc([C@]2(C)NC(=O)N(Cc3ccc(OC)c(F)c3)C2=O)cc1. The lowest BCUT2D eigenvalue weighted by Crippen LogP contribution is -2.40. The van der Waals surface area contributed by atoms with E-state index in [1.807, 2.05) is 0 Å². The number of nitrogens with one attached hydrogen (secondary N) is 1. The molecular formula is C19H19FN2O4. The van der Waals surface area contributed by atoms with Gasteiger partial charge in [0, 0.05) is 0 Å². The predicted octanol–water partition coefficient (Wildman–Crippen LogP) is 2.81. The molecule has 0 aliphatic carbocycles. The maximum atomic E-state index is 13.9. The third-order valence-corrected chi connectivity index (χ3v) is 4.50. The van der Waals surface area contributed by atoms with Crippen LogP contribution in [0.25, 0.3) is 0 Å². The summed E-state index contributed by atoms with van der Waals surface area (Å²) in [6.07, 6.45) is 0. The average molecular weight is 358 g/mol. The monoisotopic (exact) mass is 358 g/mol. The molecule has 0 saturated carbocycles. The Morgan fingerprint density at radius 3 is 2.35 bits per heavy atom. The maximum absolute atomic E-state index is 13.9. The molecule has 26 heavy (non-hydrogen) atoms. The van der Waals surface area contributed by atoms with E-state index in [4.69, 9.17) is 9.47 Å². The van der Waals surface area contributed by atoms with E-state index in [1.54, 1.807) is 44.4 Å². The van der Waals surface area contributed by atoms with Crippen molar-refractivity contribution in [2.24, 2.45) is 0 Å². The van der Waals surface area contributed by atoms with Crippen molar-refractivity contribution in [1.29, 1.82) is 0 Å². The summed E-state index contributed by atoms with van der Waals surface area (Å²) in [7, 11) is 2.92. The summed E-state index contributed by atoms with van der Waals surface area (Å²) in [5.74, 6) is -0.187. The third-order valence-electron chi connectivity index (χ3n) is 4.50. The minimum absolute atomic E-state index is 0.0304. The van der Waals surface area contributed by atoms with Crippen LogP contribution < -0.4 is 14.8 Å². The lowest BCUT2D eigenvalue weighted by atomic mass is 9.92. The number of urea groups is 1. The number of carbonyl (C=O) groups excluding carboxylic acids is 2. The van der Waals surface area contributed by atoms with Gasteiger partial charge >= 0.3 is 6.03 Å². The maximum Gasteiger partial charge on any atom is 0.325 e. The van der Waals surface area contributed by atoms with Gasteiger partial charge in [0.05, 0.1) is 20.8 Å². The summed E-state index contributed by atoms with van der Waals surface area (Å²) in [6.45, 7) is 1.61. The molecule has 0 radical (unpaired) electrons. The van der Waals surface area contributed by atoms with Gasteiger partial charge in [0.15, 0.2) is 11.6 Å². The molecule has 1 fully saturated rings. The van der Waals surface area contributed by atoms with Crippen LogP contribution in [0.15, 0.2) is 42.5 Å². The molecule has 3 rings (SSSR count).